The molecule has 0 aromatic heterocycles. The molecule has 21 heavy (non-hydrogen) atoms. The Bertz CT molecular complexity index is 589. The third kappa shape index (κ3) is 4.02. The first-order chi connectivity index (χ1) is 9.94. The van der Waals surface area contributed by atoms with E-state index >= 15 is 0 Å². The average molecular weight is 314 g/mol. The predicted octanol–water partition coefficient (Wildman–Crippen LogP) is 2.40. The van der Waals surface area contributed by atoms with Gasteiger partial charge in [-0.15, -0.1) is 0 Å². The van der Waals surface area contributed by atoms with Crippen LogP contribution in [0.1, 0.15) is 38.7 Å². The van der Waals surface area contributed by atoms with Crippen LogP contribution in [0.5, 0.6) is 0 Å². The maximum Gasteiger partial charge on any atom is 0.241 e. The summed E-state index contributed by atoms with van der Waals surface area (Å²) >= 11 is 0. The van der Waals surface area contributed by atoms with Gasteiger partial charge in [0.05, 0.1) is 4.90 Å². The first-order valence-electron chi connectivity index (χ1n) is 7.45. The second kappa shape index (κ2) is 6.85. The van der Waals surface area contributed by atoms with E-state index in [0.717, 1.165) is 31.9 Å². The zero-order valence-electron chi connectivity index (χ0n) is 12.5. The van der Waals surface area contributed by atoms with Crippen molar-refractivity contribution in [3.05, 3.63) is 29.6 Å². The molecule has 0 saturated heterocycles. The fourth-order valence-corrected chi connectivity index (χ4v) is 4.40. The molecular formula is C15H23FN2O2S. The van der Waals surface area contributed by atoms with E-state index in [2.05, 4.69) is 10.0 Å². The Balaban J connectivity index is 2.27. The Morgan fingerprint density at radius 2 is 2.10 bits per heavy atom. The molecule has 1 aromatic rings. The first kappa shape index (κ1) is 16.4. The highest BCUT2D eigenvalue weighted by molar-refractivity contribution is 7.89. The smallest absolute Gasteiger partial charge is 0.241 e. The zero-order chi connectivity index (χ0) is 15.5. The van der Waals surface area contributed by atoms with Gasteiger partial charge in [-0.25, -0.2) is 17.5 Å². The molecule has 1 aromatic carbocycles. The Morgan fingerprint density at radius 3 is 2.71 bits per heavy atom. The average Bonchev–Trinajstić information content (AvgIpc) is 2.82. The largest absolute Gasteiger partial charge is 0.313 e. The van der Waals surface area contributed by atoms with Gasteiger partial charge in [0, 0.05) is 12.6 Å². The summed E-state index contributed by atoms with van der Waals surface area (Å²) in [6.45, 7) is 5.12. The summed E-state index contributed by atoms with van der Waals surface area (Å²) in [5.74, 6) is -0.208. The van der Waals surface area contributed by atoms with E-state index in [0.29, 0.717) is 18.0 Å². The zero-order valence-corrected chi connectivity index (χ0v) is 13.3. The molecule has 0 bridgehead atoms. The molecule has 0 spiro atoms. The van der Waals surface area contributed by atoms with Crippen molar-refractivity contribution in [3.63, 3.8) is 0 Å². The summed E-state index contributed by atoms with van der Waals surface area (Å²) < 4.78 is 41.3. The van der Waals surface area contributed by atoms with Gasteiger partial charge in [-0.05, 0) is 43.0 Å². The standard InChI is InChI=1S/C15H23FN2O2S/c1-3-17-10-12-7-8-13(16)9-15(12)21(19,20)18-14-6-4-5-11(14)2/h7-9,11,14,17-18H,3-6,10H2,1-2H3. The Morgan fingerprint density at radius 1 is 1.33 bits per heavy atom. The number of hydrogen-bond donors (Lipinski definition) is 2. The van der Waals surface area contributed by atoms with E-state index in [9.17, 15) is 12.8 Å². The number of nitrogens with one attached hydrogen (secondary N) is 2. The highest BCUT2D eigenvalue weighted by Gasteiger charge is 2.29. The van der Waals surface area contributed by atoms with Gasteiger partial charge in [-0.2, -0.15) is 0 Å². The van der Waals surface area contributed by atoms with Crippen LogP contribution in [0.2, 0.25) is 0 Å². The number of sulfonamides is 1. The lowest BCUT2D eigenvalue weighted by molar-refractivity contribution is 0.475. The van der Waals surface area contributed by atoms with Gasteiger partial charge in [0.2, 0.25) is 10.0 Å². The maximum atomic E-state index is 13.5. The molecule has 2 atom stereocenters. The van der Waals surface area contributed by atoms with Crippen LogP contribution in [0.25, 0.3) is 0 Å². The van der Waals surface area contributed by atoms with E-state index in [1.54, 1.807) is 0 Å². The Kier molecular flexibility index (Phi) is 5.35. The van der Waals surface area contributed by atoms with Crippen molar-refractivity contribution < 1.29 is 12.8 Å². The minimum atomic E-state index is -3.69. The lowest BCUT2D eigenvalue weighted by Gasteiger charge is -2.19. The maximum absolute atomic E-state index is 13.5. The molecule has 1 aliphatic carbocycles. The van der Waals surface area contributed by atoms with Crippen LogP contribution in [-0.2, 0) is 16.6 Å². The van der Waals surface area contributed by atoms with Crippen LogP contribution in [-0.4, -0.2) is 21.0 Å². The number of rotatable bonds is 6. The van der Waals surface area contributed by atoms with Crippen molar-refractivity contribution in [1.82, 2.24) is 10.0 Å². The molecule has 0 amide bonds. The minimum Gasteiger partial charge on any atom is -0.313 e. The van der Waals surface area contributed by atoms with E-state index < -0.39 is 15.8 Å². The van der Waals surface area contributed by atoms with Crippen LogP contribution >= 0.6 is 0 Å². The molecule has 1 fully saturated rings. The van der Waals surface area contributed by atoms with Gasteiger partial charge in [-0.1, -0.05) is 26.3 Å². The monoisotopic (exact) mass is 314 g/mol. The van der Waals surface area contributed by atoms with E-state index in [-0.39, 0.29) is 10.9 Å². The first-order valence-corrected chi connectivity index (χ1v) is 8.94. The third-order valence-corrected chi connectivity index (χ3v) is 5.62. The summed E-state index contributed by atoms with van der Waals surface area (Å²) in [7, 11) is -3.69. The van der Waals surface area contributed by atoms with Crippen LogP contribution in [0.15, 0.2) is 23.1 Å². The van der Waals surface area contributed by atoms with Gasteiger partial charge in [0.1, 0.15) is 5.82 Å². The Hall–Kier alpha value is -0.980. The molecule has 4 nitrogen and oxygen atoms in total. The Labute approximate surface area is 126 Å². The normalized spacial score (nSPS) is 22.6. The second-order valence-corrected chi connectivity index (χ2v) is 7.35. The molecule has 2 unspecified atom stereocenters. The molecular weight excluding hydrogens is 291 g/mol. The van der Waals surface area contributed by atoms with Gasteiger partial charge in [-0.3, -0.25) is 0 Å². The van der Waals surface area contributed by atoms with E-state index in [1.807, 2.05) is 13.8 Å². The van der Waals surface area contributed by atoms with Gasteiger partial charge in [0.25, 0.3) is 0 Å². The minimum absolute atomic E-state index is 0.0440. The number of halogens is 1. The highest BCUT2D eigenvalue weighted by atomic mass is 32.2. The van der Waals surface area contributed by atoms with Crippen LogP contribution in [0.4, 0.5) is 4.39 Å². The molecule has 0 aliphatic heterocycles. The SMILES string of the molecule is CCNCc1ccc(F)cc1S(=O)(=O)NC1CCCC1C. The summed E-state index contributed by atoms with van der Waals surface area (Å²) in [5, 5.41) is 3.08. The summed E-state index contributed by atoms with van der Waals surface area (Å²) in [5.41, 5.74) is 0.594. The molecule has 0 radical (unpaired) electrons. The quantitative estimate of drug-likeness (QED) is 0.848. The summed E-state index contributed by atoms with van der Waals surface area (Å²) in [4.78, 5) is 0.0440. The van der Waals surface area contributed by atoms with Crippen molar-refractivity contribution in [2.45, 2.75) is 50.6 Å². The lowest BCUT2D eigenvalue weighted by atomic mass is 10.1. The van der Waals surface area contributed by atoms with Gasteiger partial charge in [0.15, 0.2) is 0 Å². The van der Waals surface area contributed by atoms with Crippen LogP contribution in [0.3, 0.4) is 0 Å². The van der Waals surface area contributed by atoms with Gasteiger partial charge < -0.3 is 5.32 Å². The van der Waals surface area contributed by atoms with Crippen molar-refractivity contribution in [2.24, 2.45) is 5.92 Å². The molecule has 6 heteroatoms. The fraction of sp³-hybridized carbons (Fsp3) is 0.600. The van der Waals surface area contributed by atoms with E-state index in [1.165, 1.54) is 12.1 Å². The van der Waals surface area contributed by atoms with Crippen molar-refractivity contribution in [3.8, 4) is 0 Å². The topological polar surface area (TPSA) is 58.2 Å². The second-order valence-electron chi connectivity index (χ2n) is 5.67. The molecule has 0 heterocycles. The van der Waals surface area contributed by atoms with Gasteiger partial charge >= 0.3 is 0 Å². The van der Waals surface area contributed by atoms with Crippen molar-refractivity contribution in [1.29, 1.82) is 0 Å². The number of benzene rings is 1. The van der Waals surface area contributed by atoms with Crippen LogP contribution < -0.4 is 10.0 Å². The summed E-state index contributed by atoms with van der Waals surface area (Å²) in [6, 6.07) is 3.88. The third-order valence-electron chi connectivity index (χ3n) is 4.05. The van der Waals surface area contributed by atoms with Crippen molar-refractivity contribution >= 4 is 10.0 Å². The lowest BCUT2D eigenvalue weighted by Crippen LogP contribution is -2.37. The van der Waals surface area contributed by atoms with Crippen molar-refractivity contribution in [2.75, 3.05) is 6.54 Å². The van der Waals surface area contributed by atoms with Crippen LogP contribution in [0, 0.1) is 11.7 Å². The molecule has 1 aliphatic rings. The summed E-state index contributed by atoms with van der Waals surface area (Å²) in [6.07, 6.45) is 2.90. The highest BCUT2D eigenvalue weighted by Crippen LogP contribution is 2.27. The molecule has 2 rings (SSSR count). The number of hydrogen-bond acceptors (Lipinski definition) is 3. The fourth-order valence-electron chi connectivity index (χ4n) is 2.77. The van der Waals surface area contributed by atoms with E-state index in [4.69, 9.17) is 0 Å². The molecule has 118 valence electrons. The molecule has 2 N–H and O–H groups in total. The molecule has 1 saturated carbocycles. The predicted molar refractivity (Wildman–Crippen MR) is 80.9 cm³/mol.